The Kier molecular flexibility index (Phi) is 7.70. The lowest BCUT2D eigenvalue weighted by atomic mass is 10.2. The molecule has 3 heteroatoms. The zero-order valence-corrected chi connectivity index (χ0v) is 7.45. The summed E-state index contributed by atoms with van der Waals surface area (Å²) < 4.78 is 4.67. The van der Waals surface area contributed by atoms with Gasteiger partial charge >= 0.3 is 5.97 Å². The van der Waals surface area contributed by atoms with Gasteiger partial charge < -0.3 is 9.84 Å². The van der Waals surface area contributed by atoms with Crippen LogP contribution >= 0.6 is 0 Å². The fourth-order valence-electron chi connectivity index (χ4n) is 0.744. The molecule has 0 fully saturated rings. The summed E-state index contributed by atoms with van der Waals surface area (Å²) in [6.07, 6.45) is 5.72. The summed E-state index contributed by atoms with van der Waals surface area (Å²) in [7, 11) is 0. The van der Waals surface area contributed by atoms with E-state index in [1.165, 1.54) is 6.08 Å². The van der Waals surface area contributed by atoms with Gasteiger partial charge in [-0.3, -0.25) is 0 Å². The fourth-order valence-corrected chi connectivity index (χ4v) is 0.744. The van der Waals surface area contributed by atoms with E-state index in [9.17, 15) is 4.79 Å². The molecule has 3 nitrogen and oxygen atoms in total. The van der Waals surface area contributed by atoms with Gasteiger partial charge in [-0.05, 0) is 26.2 Å². The van der Waals surface area contributed by atoms with Crippen molar-refractivity contribution in [3.8, 4) is 0 Å². The van der Waals surface area contributed by atoms with Crippen molar-refractivity contribution in [3.05, 3.63) is 12.2 Å². The first kappa shape index (κ1) is 11.2. The minimum Gasteiger partial charge on any atom is -0.463 e. The largest absolute Gasteiger partial charge is 0.463 e. The van der Waals surface area contributed by atoms with Crippen LogP contribution in [0.5, 0.6) is 0 Å². The average molecular weight is 172 g/mol. The highest BCUT2D eigenvalue weighted by Gasteiger charge is 1.91. The third-order valence-electron chi connectivity index (χ3n) is 1.32. The number of aliphatic hydroxyl groups excluding tert-OH is 1. The SMILES string of the molecule is CCOC(=O)/C=C/CCCCO. The van der Waals surface area contributed by atoms with E-state index in [1.54, 1.807) is 13.0 Å². The first-order valence-corrected chi connectivity index (χ1v) is 4.25. The van der Waals surface area contributed by atoms with E-state index >= 15 is 0 Å². The average Bonchev–Trinajstić information content (AvgIpc) is 2.05. The van der Waals surface area contributed by atoms with E-state index in [2.05, 4.69) is 4.74 Å². The van der Waals surface area contributed by atoms with Crippen molar-refractivity contribution in [2.75, 3.05) is 13.2 Å². The van der Waals surface area contributed by atoms with Crippen LogP contribution in [-0.2, 0) is 9.53 Å². The van der Waals surface area contributed by atoms with Gasteiger partial charge in [0.2, 0.25) is 0 Å². The predicted octanol–water partition coefficient (Wildman–Crippen LogP) is 1.27. The lowest BCUT2D eigenvalue weighted by molar-refractivity contribution is -0.137. The van der Waals surface area contributed by atoms with Gasteiger partial charge in [0.25, 0.3) is 0 Å². The van der Waals surface area contributed by atoms with Crippen LogP contribution in [0.2, 0.25) is 0 Å². The van der Waals surface area contributed by atoms with Crippen LogP contribution in [0, 0.1) is 0 Å². The fraction of sp³-hybridized carbons (Fsp3) is 0.667. The molecule has 0 aromatic carbocycles. The molecular formula is C9H16O3. The molecule has 0 amide bonds. The van der Waals surface area contributed by atoms with E-state index < -0.39 is 0 Å². The van der Waals surface area contributed by atoms with Crippen LogP contribution in [0.4, 0.5) is 0 Å². The van der Waals surface area contributed by atoms with Gasteiger partial charge in [-0.25, -0.2) is 4.79 Å². The zero-order valence-electron chi connectivity index (χ0n) is 7.45. The first-order valence-electron chi connectivity index (χ1n) is 4.25. The van der Waals surface area contributed by atoms with Gasteiger partial charge in [-0.15, -0.1) is 0 Å². The van der Waals surface area contributed by atoms with Crippen LogP contribution in [0.3, 0.4) is 0 Å². The maximum absolute atomic E-state index is 10.7. The second-order valence-corrected chi connectivity index (χ2v) is 2.37. The van der Waals surface area contributed by atoms with E-state index in [0.717, 1.165) is 19.3 Å². The molecule has 0 aromatic rings. The van der Waals surface area contributed by atoms with Crippen LogP contribution < -0.4 is 0 Å². The Hall–Kier alpha value is -0.830. The molecule has 0 bridgehead atoms. The molecule has 0 aliphatic heterocycles. The summed E-state index contributed by atoms with van der Waals surface area (Å²) >= 11 is 0. The molecule has 0 spiro atoms. The molecule has 12 heavy (non-hydrogen) atoms. The van der Waals surface area contributed by atoms with Crippen molar-refractivity contribution in [1.82, 2.24) is 0 Å². The molecule has 0 rings (SSSR count). The normalized spacial score (nSPS) is 10.5. The maximum Gasteiger partial charge on any atom is 0.330 e. The Morgan fingerprint density at radius 2 is 2.25 bits per heavy atom. The van der Waals surface area contributed by atoms with Gasteiger partial charge in [0.05, 0.1) is 6.61 Å². The number of rotatable bonds is 6. The molecular weight excluding hydrogens is 156 g/mol. The highest BCUT2D eigenvalue weighted by Crippen LogP contribution is 1.95. The van der Waals surface area contributed by atoms with Crippen molar-refractivity contribution in [2.45, 2.75) is 26.2 Å². The molecule has 0 saturated carbocycles. The summed E-state index contributed by atoms with van der Waals surface area (Å²) in [4.78, 5) is 10.7. The summed E-state index contributed by atoms with van der Waals surface area (Å²) in [5, 5.41) is 8.44. The third-order valence-corrected chi connectivity index (χ3v) is 1.32. The van der Waals surface area contributed by atoms with Gasteiger partial charge in [-0.1, -0.05) is 6.08 Å². The van der Waals surface area contributed by atoms with Crippen LogP contribution in [-0.4, -0.2) is 24.3 Å². The van der Waals surface area contributed by atoms with Crippen LogP contribution in [0.1, 0.15) is 26.2 Å². The molecule has 0 atom stereocenters. The molecule has 0 aliphatic carbocycles. The molecule has 70 valence electrons. The maximum atomic E-state index is 10.7. The Morgan fingerprint density at radius 3 is 2.83 bits per heavy atom. The number of carbonyl (C=O) groups is 1. The summed E-state index contributed by atoms with van der Waals surface area (Å²) in [6.45, 7) is 2.41. The predicted molar refractivity (Wildman–Crippen MR) is 46.7 cm³/mol. The molecule has 0 aromatic heterocycles. The van der Waals surface area contributed by atoms with Crippen LogP contribution in [0.25, 0.3) is 0 Å². The Morgan fingerprint density at radius 1 is 1.50 bits per heavy atom. The van der Waals surface area contributed by atoms with Crippen molar-refractivity contribution >= 4 is 5.97 Å². The number of hydrogen-bond acceptors (Lipinski definition) is 3. The number of aliphatic hydroxyl groups is 1. The number of unbranched alkanes of at least 4 members (excludes halogenated alkanes) is 2. The monoisotopic (exact) mass is 172 g/mol. The Labute approximate surface area is 73.0 Å². The topological polar surface area (TPSA) is 46.5 Å². The van der Waals surface area contributed by atoms with Crippen LogP contribution in [0.15, 0.2) is 12.2 Å². The third kappa shape index (κ3) is 7.28. The standard InChI is InChI=1S/C9H16O3/c1-2-12-9(11)7-5-3-4-6-8-10/h5,7,10H,2-4,6,8H2,1H3/b7-5+. The summed E-state index contributed by atoms with van der Waals surface area (Å²) in [6, 6.07) is 0. The highest BCUT2D eigenvalue weighted by atomic mass is 16.5. The quantitative estimate of drug-likeness (QED) is 0.373. The molecule has 0 radical (unpaired) electrons. The number of esters is 1. The minimum absolute atomic E-state index is 0.216. The van der Waals surface area contributed by atoms with Crippen molar-refractivity contribution in [3.63, 3.8) is 0 Å². The number of allylic oxidation sites excluding steroid dienone is 1. The smallest absolute Gasteiger partial charge is 0.330 e. The molecule has 0 unspecified atom stereocenters. The molecule has 0 aliphatic rings. The van der Waals surface area contributed by atoms with Crippen molar-refractivity contribution in [1.29, 1.82) is 0 Å². The van der Waals surface area contributed by atoms with Gasteiger partial charge in [0.1, 0.15) is 0 Å². The second kappa shape index (κ2) is 8.27. The second-order valence-electron chi connectivity index (χ2n) is 2.37. The van der Waals surface area contributed by atoms with Crippen molar-refractivity contribution < 1.29 is 14.6 Å². The zero-order chi connectivity index (χ0) is 9.23. The highest BCUT2D eigenvalue weighted by molar-refractivity contribution is 5.81. The van der Waals surface area contributed by atoms with E-state index in [1.807, 2.05) is 0 Å². The Balaban J connectivity index is 3.29. The molecule has 0 heterocycles. The number of carbonyl (C=O) groups excluding carboxylic acids is 1. The van der Waals surface area contributed by atoms with Gasteiger partial charge in [-0.2, -0.15) is 0 Å². The summed E-state index contributed by atoms with van der Waals surface area (Å²) in [5.74, 6) is -0.290. The van der Waals surface area contributed by atoms with E-state index in [0.29, 0.717) is 6.61 Å². The van der Waals surface area contributed by atoms with E-state index in [4.69, 9.17) is 5.11 Å². The lowest BCUT2D eigenvalue weighted by Gasteiger charge is -1.94. The Bertz CT molecular complexity index is 141. The lowest BCUT2D eigenvalue weighted by Crippen LogP contribution is -1.98. The van der Waals surface area contributed by atoms with E-state index in [-0.39, 0.29) is 12.6 Å². The first-order chi connectivity index (χ1) is 5.81. The number of hydrogen-bond donors (Lipinski definition) is 1. The number of ether oxygens (including phenoxy) is 1. The van der Waals surface area contributed by atoms with Gasteiger partial charge in [0.15, 0.2) is 0 Å². The van der Waals surface area contributed by atoms with Gasteiger partial charge in [0, 0.05) is 12.7 Å². The molecule has 1 N–H and O–H groups in total. The van der Waals surface area contributed by atoms with Crippen molar-refractivity contribution in [2.24, 2.45) is 0 Å². The summed E-state index contributed by atoms with van der Waals surface area (Å²) in [5.41, 5.74) is 0. The minimum atomic E-state index is -0.290. The molecule has 0 saturated heterocycles.